The quantitative estimate of drug-likeness (QED) is 0.473. The van der Waals surface area contributed by atoms with Crippen molar-refractivity contribution in [1.82, 2.24) is 0 Å². The summed E-state index contributed by atoms with van der Waals surface area (Å²) in [5, 5.41) is 9.42. The highest BCUT2D eigenvalue weighted by molar-refractivity contribution is 5.89. The molecule has 1 aromatic carbocycles. The van der Waals surface area contributed by atoms with E-state index in [4.69, 9.17) is 0 Å². The van der Waals surface area contributed by atoms with Crippen LogP contribution in [0.5, 0.6) is 0 Å². The molecule has 0 atom stereocenters. The maximum absolute atomic E-state index is 13.1. The summed E-state index contributed by atoms with van der Waals surface area (Å²) in [6, 6.07) is 5.63. The summed E-state index contributed by atoms with van der Waals surface area (Å²) < 4.78 is 17.7. The largest absolute Gasteiger partial charge is 0.507 e. The van der Waals surface area contributed by atoms with Gasteiger partial charge in [-0.15, -0.1) is 0 Å². The minimum Gasteiger partial charge on any atom is -0.507 e. The zero-order chi connectivity index (χ0) is 11.3. The number of aliphatic hydroxyl groups excluding tert-OH is 1. The van der Waals surface area contributed by atoms with Crippen molar-refractivity contribution >= 4 is 11.7 Å². The Bertz CT molecular complexity index is 385. The van der Waals surface area contributed by atoms with Gasteiger partial charge >= 0.3 is 5.97 Å². The Balaban J connectivity index is 2.89. The lowest BCUT2D eigenvalue weighted by atomic mass is 10.1. The van der Waals surface area contributed by atoms with Crippen molar-refractivity contribution in [3.05, 3.63) is 41.7 Å². The highest BCUT2D eigenvalue weighted by Gasteiger charge is 2.07. The third kappa shape index (κ3) is 3.09. The molecule has 0 aromatic heterocycles. The van der Waals surface area contributed by atoms with E-state index in [9.17, 15) is 14.3 Å². The van der Waals surface area contributed by atoms with Crippen LogP contribution < -0.4 is 0 Å². The number of carbonyl (C=O) groups is 1. The molecule has 0 aliphatic heterocycles. The predicted octanol–water partition coefficient (Wildman–Crippen LogP) is 2.29. The molecule has 0 saturated heterocycles. The van der Waals surface area contributed by atoms with Crippen LogP contribution in [0.1, 0.15) is 12.5 Å². The molecule has 0 amide bonds. The number of carbonyl (C=O) groups excluding carboxylic acids is 1. The Hall–Kier alpha value is -1.84. The average Bonchev–Trinajstić information content (AvgIpc) is 2.18. The van der Waals surface area contributed by atoms with Crippen LogP contribution in [0.2, 0.25) is 0 Å². The van der Waals surface area contributed by atoms with E-state index in [0.29, 0.717) is 0 Å². The van der Waals surface area contributed by atoms with Gasteiger partial charge in [0, 0.05) is 0 Å². The van der Waals surface area contributed by atoms with E-state index in [2.05, 4.69) is 4.74 Å². The van der Waals surface area contributed by atoms with Gasteiger partial charge in [-0.3, -0.25) is 0 Å². The zero-order valence-corrected chi connectivity index (χ0v) is 8.24. The van der Waals surface area contributed by atoms with E-state index in [1.54, 1.807) is 13.0 Å². The van der Waals surface area contributed by atoms with Crippen LogP contribution in [-0.2, 0) is 9.53 Å². The lowest BCUT2D eigenvalue weighted by Gasteiger charge is -2.01. The normalized spacial score (nSPS) is 11.2. The minimum absolute atomic E-state index is 0.0226. The summed E-state index contributed by atoms with van der Waals surface area (Å²) in [6.07, 6.45) is 0.849. The van der Waals surface area contributed by atoms with E-state index in [1.165, 1.54) is 18.2 Å². The number of ether oxygens (including phenoxy) is 1. The first-order valence-electron chi connectivity index (χ1n) is 4.47. The average molecular weight is 210 g/mol. The fraction of sp³-hybridized carbons (Fsp3) is 0.182. The summed E-state index contributed by atoms with van der Waals surface area (Å²) >= 11 is 0. The first kappa shape index (κ1) is 11.2. The highest BCUT2D eigenvalue weighted by atomic mass is 19.1. The second-order valence-corrected chi connectivity index (χ2v) is 2.76. The van der Waals surface area contributed by atoms with Crippen LogP contribution in [0.4, 0.5) is 4.39 Å². The molecule has 1 N–H and O–H groups in total. The van der Waals surface area contributed by atoms with Crippen molar-refractivity contribution in [2.75, 3.05) is 6.61 Å². The summed E-state index contributed by atoms with van der Waals surface area (Å²) in [4.78, 5) is 11.0. The monoisotopic (exact) mass is 210 g/mol. The first-order valence-corrected chi connectivity index (χ1v) is 4.47. The molecular formula is C11H11FO3. The van der Waals surface area contributed by atoms with Crippen molar-refractivity contribution in [2.24, 2.45) is 0 Å². The van der Waals surface area contributed by atoms with Gasteiger partial charge in [0.15, 0.2) is 0 Å². The lowest BCUT2D eigenvalue weighted by Crippen LogP contribution is -2.01. The van der Waals surface area contributed by atoms with Crippen LogP contribution >= 0.6 is 0 Å². The molecule has 0 aliphatic carbocycles. The molecular weight excluding hydrogens is 199 g/mol. The molecule has 3 nitrogen and oxygen atoms in total. The van der Waals surface area contributed by atoms with Crippen LogP contribution in [-0.4, -0.2) is 17.7 Å². The number of esters is 1. The summed E-state index contributed by atoms with van der Waals surface area (Å²) in [6.45, 7) is 1.85. The Morgan fingerprint density at radius 1 is 1.53 bits per heavy atom. The number of hydrogen-bond donors (Lipinski definition) is 1. The van der Waals surface area contributed by atoms with E-state index in [1.807, 2.05) is 0 Å². The van der Waals surface area contributed by atoms with Crippen molar-refractivity contribution in [2.45, 2.75) is 6.92 Å². The highest BCUT2D eigenvalue weighted by Crippen LogP contribution is 2.15. The number of hydrogen-bond acceptors (Lipinski definition) is 3. The minimum atomic E-state index is -0.696. The zero-order valence-electron chi connectivity index (χ0n) is 8.24. The first-order chi connectivity index (χ1) is 7.15. The Morgan fingerprint density at radius 2 is 2.20 bits per heavy atom. The molecule has 80 valence electrons. The van der Waals surface area contributed by atoms with Gasteiger partial charge in [0.05, 0.1) is 18.2 Å². The van der Waals surface area contributed by atoms with Gasteiger partial charge in [-0.05, 0) is 19.1 Å². The second kappa shape index (κ2) is 5.14. The van der Waals surface area contributed by atoms with Crippen LogP contribution in [0, 0.1) is 5.82 Å². The van der Waals surface area contributed by atoms with E-state index >= 15 is 0 Å². The van der Waals surface area contributed by atoms with Gasteiger partial charge in [-0.25, -0.2) is 9.18 Å². The van der Waals surface area contributed by atoms with Crippen molar-refractivity contribution in [3.8, 4) is 0 Å². The fourth-order valence-electron chi connectivity index (χ4n) is 1.04. The van der Waals surface area contributed by atoms with E-state index in [-0.39, 0.29) is 12.2 Å². The number of halogens is 1. The topological polar surface area (TPSA) is 46.5 Å². The molecule has 0 fully saturated rings. The third-order valence-corrected chi connectivity index (χ3v) is 1.69. The van der Waals surface area contributed by atoms with Gasteiger partial charge < -0.3 is 9.84 Å². The summed E-state index contributed by atoms with van der Waals surface area (Å²) in [7, 11) is 0. The van der Waals surface area contributed by atoms with Crippen LogP contribution in [0.3, 0.4) is 0 Å². The van der Waals surface area contributed by atoms with Gasteiger partial charge in [-0.1, -0.05) is 12.1 Å². The third-order valence-electron chi connectivity index (χ3n) is 1.69. The van der Waals surface area contributed by atoms with Gasteiger partial charge in [0.2, 0.25) is 0 Å². The Morgan fingerprint density at radius 3 is 2.80 bits per heavy atom. The van der Waals surface area contributed by atoms with Gasteiger partial charge in [0.25, 0.3) is 0 Å². The maximum atomic E-state index is 13.1. The molecule has 0 radical (unpaired) electrons. The smallest absolute Gasteiger partial charge is 0.334 e. The molecule has 15 heavy (non-hydrogen) atoms. The molecule has 0 aliphatic rings. The standard InChI is InChI=1S/C11H11FO3/c1-2-15-11(14)7-10(13)8-5-3-4-6-9(8)12/h3-7,13H,2H2,1H3/b10-7+. The van der Waals surface area contributed by atoms with Crippen molar-refractivity contribution in [1.29, 1.82) is 0 Å². The van der Waals surface area contributed by atoms with Crippen molar-refractivity contribution in [3.63, 3.8) is 0 Å². The fourth-order valence-corrected chi connectivity index (χ4v) is 1.04. The molecule has 0 bridgehead atoms. The number of aliphatic hydroxyl groups is 1. The maximum Gasteiger partial charge on any atom is 0.334 e. The van der Waals surface area contributed by atoms with E-state index in [0.717, 1.165) is 6.08 Å². The Labute approximate surface area is 86.8 Å². The number of rotatable bonds is 3. The lowest BCUT2D eigenvalue weighted by molar-refractivity contribution is -0.137. The molecule has 1 rings (SSSR count). The molecule has 0 saturated carbocycles. The molecule has 0 spiro atoms. The molecule has 1 aromatic rings. The SMILES string of the molecule is CCOC(=O)/C=C(/O)c1ccccc1F. The summed E-state index contributed by atoms with van der Waals surface area (Å²) in [5.41, 5.74) is -0.0226. The Kier molecular flexibility index (Phi) is 3.85. The van der Waals surface area contributed by atoms with Gasteiger partial charge in [-0.2, -0.15) is 0 Å². The predicted molar refractivity (Wildman–Crippen MR) is 53.6 cm³/mol. The van der Waals surface area contributed by atoms with E-state index < -0.39 is 17.5 Å². The molecule has 0 heterocycles. The van der Waals surface area contributed by atoms with Crippen LogP contribution in [0.25, 0.3) is 5.76 Å². The van der Waals surface area contributed by atoms with Crippen molar-refractivity contribution < 1.29 is 19.0 Å². The second-order valence-electron chi connectivity index (χ2n) is 2.76. The molecule has 0 unspecified atom stereocenters. The summed E-state index contributed by atoms with van der Waals surface area (Å²) in [5.74, 6) is -1.72. The van der Waals surface area contributed by atoms with Crippen LogP contribution in [0.15, 0.2) is 30.3 Å². The molecule has 4 heteroatoms. The van der Waals surface area contributed by atoms with Gasteiger partial charge in [0.1, 0.15) is 11.6 Å². The number of benzene rings is 1.